The van der Waals surface area contributed by atoms with Gasteiger partial charge in [-0.15, -0.1) is 0 Å². The van der Waals surface area contributed by atoms with Crippen molar-refractivity contribution in [2.24, 2.45) is 5.73 Å². The van der Waals surface area contributed by atoms with E-state index in [1.54, 1.807) is 18.2 Å². The van der Waals surface area contributed by atoms with Crippen molar-refractivity contribution in [1.29, 1.82) is 5.41 Å². The second-order valence-corrected chi connectivity index (χ2v) is 6.12. The van der Waals surface area contributed by atoms with E-state index in [0.29, 0.717) is 11.4 Å². The summed E-state index contributed by atoms with van der Waals surface area (Å²) in [6.45, 7) is 5.89. The molecule has 0 aromatic heterocycles. The number of phenols is 1. The first-order chi connectivity index (χ1) is 11.8. The fourth-order valence-corrected chi connectivity index (χ4v) is 2.58. The number of aromatic hydroxyl groups is 1. The molecule has 0 aliphatic heterocycles. The average molecular weight is 341 g/mol. The first-order valence-corrected chi connectivity index (χ1v) is 7.92. The number of hydrogen-bond acceptors (Lipinski definition) is 4. The van der Waals surface area contributed by atoms with Crippen LogP contribution in [0.25, 0.3) is 0 Å². The number of nitrogens with zero attached hydrogens (tertiary/aromatic N) is 1. The van der Waals surface area contributed by atoms with Gasteiger partial charge in [0.25, 0.3) is 0 Å². The van der Waals surface area contributed by atoms with Crippen LogP contribution >= 0.6 is 0 Å². The van der Waals surface area contributed by atoms with Crippen molar-refractivity contribution in [1.82, 2.24) is 0 Å². The normalized spacial score (nSPS) is 10.6. The first kappa shape index (κ1) is 18.3. The van der Waals surface area contributed by atoms with Gasteiger partial charge in [-0.05, 0) is 36.6 Å². The smallest absolute Gasteiger partial charge is 0.325 e. The summed E-state index contributed by atoms with van der Waals surface area (Å²) in [6, 6.07) is 9.38. The molecule has 0 spiro atoms. The minimum Gasteiger partial charge on any atom is -0.507 e. The summed E-state index contributed by atoms with van der Waals surface area (Å²) in [5.41, 5.74) is 8.01. The molecule has 0 fully saturated rings. The minimum absolute atomic E-state index is 0.114. The second kappa shape index (κ2) is 7.25. The van der Waals surface area contributed by atoms with Crippen LogP contribution in [0.2, 0.25) is 0 Å². The van der Waals surface area contributed by atoms with Crippen molar-refractivity contribution < 1.29 is 14.6 Å². The molecule has 2 rings (SSSR count). The van der Waals surface area contributed by atoms with Gasteiger partial charge in [0.15, 0.2) is 0 Å². The Hall–Kier alpha value is -3.02. The summed E-state index contributed by atoms with van der Waals surface area (Å²) in [5, 5.41) is 18.8. The number of nitrogens with one attached hydrogen (secondary N) is 1. The van der Waals surface area contributed by atoms with Crippen molar-refractivity contribution in [3.8, 4) is 11.5 Å². The van der Waals surface area contributed by atoms with Crippen molar-refractivity contribution in [3.63, 3.8) is 0 Å². The number of methoxy groups -OCH3 is 1. The number of phenolic OH excluding ortho intramolecular Hbond substituents is 1. The zero-order chi connectivity index (χ0) is 18.7. The Morgan fingerprint density at radius 3 is 2.32 bits per heavy atom. The summed E-state index contributed by atoms with van der Waals surface area (Å²) in [6.07, 6.45) is 0. The molecule has 0 saturated carbocycles. The van der Waals surface area contributed by atoms with Crippen molar-refractivity contribution in [3.05, 3.63) is 53.1 Å². The highest BCUT2D eigenvalue weighted by Gasteiger charge is 2.24. The highest BCUT2D eigenvalue weighted by molar-refractivity contribution is 6.22. The maximum Gasteiger partial charge on any atom is 0.325 e. The lowest BCUT2D eigenvalue weighted by atomic mass is 9.98. The van der Waals surface area contributed by atoms with Crippen LogP contribution < -0.4 is 15.4 Å². The van der Waals surface area contributed by atoms with Gasteiger partial charge in [-0.3, -0.25) is 5.41 Å². The van der Waals surface area contributed by atoms with Gasteiger partial charge in [-0.25, -0.2) is 9.69 Å². The van der Waals surface area contributed by atoms with Gasteiger partial charge in [0.05, 0.1) is 18.4 Å². The lowest BCUT2D eigenvalue weighted by Crippen LogP contribution is -2.41. The van der Waals surface area contributed by atoms with Crippen molar-refractivity contribution in [2.45, 2.75) is 26.7 Å². The summed E-state index contributed by atoms with van der Waals surface area (Å²) in [4.78, 5) is 13.0. The van der Waals surface area contributed by atoms with Crippen LogP contribution in [0.15, 0.2) is 36.4 Å². The van der Waals surface area contributed by atoms with E-state index in [4.69, 9.17) is 15.9 Å². The molecule has 132 valence electrons. The number of carbonyl (C=O) groups excluding carboxylic acids is 1. The molecular formula is C19H23N3O3. The largest absolute Gasteiger partial charge is 0.507 e. The molecule has 0 aliphatic rings. The molecule has 2 aromatic carbocycles. The van der Waals surface area contributed by atoms with Crippen LogP contribution in [0.4, 0.5) is 10.5 Å². The number of amides is 2. The third-order valence-corrected chi connectivity index (χ3v) is 3.96. The molecule has 2 amide bonds. The number of nitrogens with two attached hydrogens (primary N) is 1. The fourth-order valence-electron chi connectivity index (χ4n) is 2.58. The average Bonchev–Trinajstić information content (AvgIpc) is 2.55. The molecule has 2 aromatic rings. The van der Waals surface area contributed by atoms with E-state index >= 15 is 0 Å². The lowest BCUT2D eigenvalue weighted by molar-refractivity contribution is 0.256. The molecule has 0 atom stereocenters. The number of hydrogen-bond donors (Lipinski definition) is 3. The number of rotatable bonds is 4. The number of amidine groups is 1. The van der Waals surface area contributed by atoms with Crippen molar-refractivity contribution >= 4 is 17.6 Å². The van der Waals surface area contributed by atoms with E-state index < -0.39 is 6.03 Å². The standard InChI is InChI=1S/C19H23N3O3/c1-11(2)14-9-15(16(23)10-17(14)25-4)18(20)22(19(21)24)13-7-5-12(3)6-8-13/h5-11,20,23H,1-4H3,(H2,21,24). The maximum absolute atomic E-state index is 12.0. The van der Waals surface area contributed by atoms with E-state index in [1.807, 2.05) is 32.9 Å². The van der Waals surface area contributed by atoms with Crippen LogP contribution in [0.1, 0.15) is 36.5 Å². The molecule has 0 bridgehead atoms. The van der Waals surface area contributed by atoms with E-state index in [1.165, 1.54) is 13.2 Å². The number of carbonyl (C=O) groups is 1. The molecule has 0 radical (unpaired) electrons. The van der Waals surface area contributed by atoms with Gasteiger partial charge in [0.1, 0.15) is 17.3 Å². The predicted molar refractivity (Wildman–Crippen MR) is 98.8 cm³/mol. The number of aryl methyl sites for hydroxylation is 1. The van der Waals surface area contributed by atoms with Crippen LogP contribution in [-0.4, -0.2) is 24.1 Å². The monoisotopic (exact) mass is 341 g/mol. The summed E-state index contributed by atoms with van der Waals surface area (Å²) in [5.74, 6) is 0.302. The minimum atomic E-state index is -0.796. The van der Waals surface area contributed by atoms with E-state index in [0.717, 1.165) is 16.0 Å². The fraction of sp³-hybridized carbons (Fsp3) is 0.263. The number of benzene rings is 2. The van der Waals surface area contributed by atoms with Crippen LogP contribution in [0.3, 0.4) is 0 Å². The quantitative estimate of drug-likeness (QED) is 0.583. The summed E-state index contributed by atoms with van der Waals surface area (Å²) < 4.78 is 5.29. The van der Waals surface area contributed by atoms with Gasteiger partial charge in [-0.2, -0.15) is 0 Å². The van der Waals surface area contributed by atoms with Gasteiger partial charge >= 0.3 is 6.03 Å². The van der Waals surface area contributed by atoms with Crippen LogP contribution in [-0.2, 0) is 0 Å². The topological polar surface area (TPSA) is 99.6 Å². The zero-order valence-corrected chi connectivity index (χ0v) is 14.8. The Morgan fingerprint density at radius 2 is 1.84 bits per heavy atom. The molecule has 0 heterocycles. The van der Waals surface area contributed by atoms with Gasteiger partial charge in [0.2, 0.25) is 0 Å². The number of anilines is 1. The molecule has 0 saturated heterocycles. The summed E-state index contributed by atoms with van der Waals surface area (Å²) in [7, 11) is 1.52. The molecule has 0 unspecified atom stereocenters. The number of primary amides is 1. The molecule has 0 aliphatic carbocycles. The third-order valence-electron chi connectivity index (χ3n) is 3.96. The zero-order valence-electron chi connectivity index (χ0n) is 14.8. The van der Waals surface area contributed by atoms with Gasteiger partial charge in [-0.1, -0.05) is 31.5 Å². The molecule has 6 heteroatoms. The Morgan fingerprint density at radius 1 is 1.24 bits per heavy atom. The molecular weight excluding hydrogens is 318 g/mol. The van der Waals surface area contributed by atoms with Crippen molar-refractivity contribution in [2.75, 3.05) is 12.0 Å². The highest BCUT2D eigenvalue weighted by Crippen LogP contribution is 2.34. The Balaban J connectivity index is 2.54. The summed E-state index contributed by atoms with van der Waals surface area (Å²) >= 11 is 0. The lowest BCUT2D eigenvalue weighted by Gasteiger charge is -2.23. The highest BCUT2D eigenvalue weighted by atomic mass is 16.5. The van der Waals surface area contributed by atoms with E-state index in [9.17, 15) is 9.90 Å². The Kier molecular flexibility index (Phi) is 5.32. The number of ether oxygens (including phenoxy) is 1. The Labute approximate surface area is 147 Å². The molecule has 25 heavy (non-hydrogen) atoms. The van der Waals surface area contributed by atoms with Crippen LogP contribution in [0, 0.1) is 12.3 Å². The predicted octanol–water partition coefficient (Wildman–Crippen LogP) is 3.74. The van der Waals surface area contributed by atoms with Gasteiger partial charge in [0, 0.05) is 6.07 Å². The molecule has 4 N–H and O–H groups in total. The third kappa shape index (κ3) is 3.74. The van der Waals surface area contributed by atoms with Crippen LogP contribution in [0.5, 0.6) is 11.5 Å². The van der Waals surface area contributed by atoms with E-state index in [-0.39, 0.29) is 23.1 Å². The second-order valence-electron chi connectivity index (χ2n) is 6.12. The Bertz CT molecular complexity index is 798. The van der Waals surface area contributed by atoms with Gasteiger partial charge < -0.3 is 15.6 Å². The number of urea groups is 1. The maximum atomic E-state index is 12.0. The first-order valence-electron chi connectivity index (χ1n) is 7.92. The SMILES string of the molecule is COc1cc(O)c(C(=N)N(C(N)=O)c2ccc(C)cc2)cc1C(C)C. The van der Waals surface area contributed by atoms with E-state index in [2.05, 4.69) is 0 Å². The molecule has 6 nitrogen and oxygen atoms in total.